The van der Waals surface area contributed by atoms with Gasteiger partial charge in [0.1, 0.15) is 0 Å². The Kier molecular flexibility index (Phi) is 2.25. The summed E-state index contributed by atoms with van der Waals surface area (Å²) < 4.78 is 0. The number of carboxylic acid groups (broad SMARTS) is 1. The van der Waals surface area contributed by atoms with E-state index in [-0.39, 0.29) is 5.92 Å². The van der Waals surface area contributed by atoms with Gasteiger partial charge >= 0.3 is 5.97 Å². The van der Waals surface area contributed by atoms with Gasteiger partial charge in [-0.15, -0.1) is 0 Å². The van der Waals surface area contributed by atoms with Gasteiger partial charge in [0.2, 0.25) is 0 Å². The largest absolute Gasteiger partial charge is 0.481 e. The minimum atomic E-state index is -0.784. The maximum atomic E-state index is 10.4. The summed E-state index contributed by atoms with van der Waals surface area (Å²) in [5.74, 6) is -1.15. The predicted octanol–water partition coefficient (Wildman–Crippen LogP) is 0.673. The number of carboxylic acids is 1. The van der Waals surface area contributed by atoms with Crippen LogP contribution in [0.25, 0.3) is 0 Å². The molecule has 0 aromatic carbocycles. The van der Waals surface area contributed by atoms with Gasteiger partial charge in [0.25, 0.3) is 0 Å². The molecule has 1 atom stereocenters. The SMILES string of the molecule is C[C@@H](Cc1c[nH]cn1)C(=O)O. The lowest BCUT2D eigenvalue weighted by Gasteiger charge is -2.01. The van der Waals surface area contributed by atoms with Crippen LogP contribution in [0.1, 0.15) is 12.6 Å². The molecule has 0 unspecified atom stereocenters. The molecule has 0 spiro atoms. The summed E-state index contributed by atoms with van der Waals surface area (Å²) in [6.45, 7) is 1.66. The smallest absolute Gasteiger partial charge is 0.306 e. The monoisotopic (exact) mass is 154 g/mol. The van der Waals surface area contributed by atoms with Crippen LogP contribution in [0.5, 0.6) is 0 Å². The molecule has 0 aliphatic rings. The summed E-state index contributed by atoms with van der Waals surface area (Å²) >= 11 is 0. The molecule has 2 N–H and O–H groups in total. The minimum absolute atomic E-state index is 0.363. The zero-order chi connectivity index (χ0) is 8.27. The molecule has 4 nitrogen and oxygen atoms in total. The highest BCUT2D eigenvalue weighted by atomic mass is 16.4. The fourth-order valence-corrected chi connectivity index (χ4v) is 0.804. The zero-order valence-corrected chi connectivity index (χ0v) is 6.24. The van der Waals surface area contributed by atoms with Crippen LogP contribution in [0.4, 0.5) is 0 Å². The Morgan fingerprint density at radius 3 is 3.09 bits per heavy atom. The molecule has 0 saturated carbocycles. The number of imidazole rings is 1. The molecule has 1 rings (SSSR count). The van der Waals surface area contributed by atoms with Crippen LogP contribution in [0, 0.1) is 5.92 Å². The number of aliphatic carboxylic acids is 1. The predicted molar refractivity (Wildman–Crippen MR) is 39.1 cm³/mol. The number of aromatic nitrogens is 2. The number of hydrogen-bond acceptors (Lipinski definition) is 2. The van der Waals surface area contributed by atoms with E-state index in [0.29, 0.717) is 6.42 Å². The Balaban J connectivity index is 2.50. The van der Waals surface area contributed by atoms with Gasteiger partial charge in [0.05, 0.1) is 17.9 Å². The van der Waals surface area contributed by atoms with Gasteiger partial charge in [-0.3, -0.25) is 4.79 Å². The topological polar surface area (TPSA) is 66.0 Å². The van der Waals surface area contributed by atoms with Crippen molar-refractivity contribution in [1.29, 1.82) is 0 Å². The molecule has 1 aromatic rings. The second-order valence-corrected chi connectivity index (χ2v) is 2.50. The van der Waals surface area contributed by atoms with Gasteiger partial charge in [-0.2, -0.15) is 0 Å². The number of hydrogen-bond donors (Lipinski definition) is 2. The lowest BCUT2D eigenvalue weighted by Crippen LogP contribution is -2.12. The highest BCUT2D eigenvalue weighted by molar-refractivity contribution is 5.69. The highest BCUT2D eigenvalue weighted by Gasteiger charge is 2.11. The number of nitrogens with one attached hydrogen (secondary N) is 1. The highest BCUT2D eigenvalue weighted by Crippen LogP contribution is 2.03. The fourth-order valence-electron chi connectivity index (χ4n) is 0.804. The number of carbonyl (C=O) groups is 1. The third kappa shape index (κ3) is 2.07. The van der Waals surface area contributed by atoms with E-state index >= 15 is 0 Å². The second kappa shape index (κ2) is 3.18. The molecule has 0 saturated heterocycles. The molecule has 0 aliphatic carbocycles. The Morgan fingerprint density at radius 2 is 2.64 bits per heavy atom. The van der Waals surface area contributed by atoms with Crippen molar-refractivity contribution >= 4 is 5.97 Å². The van der Waals surface area contributed by atoms with Gasteiger partial charge in [-0.25, -0.2) is 4.98 Å². The van der Waals surface area contributed by atoms with E-state index in [1.807, 2.05) is 0 Å². The van der Waals surface area contributed by atoms with Crippen molar-refractivity contribution in [2.45, 2.75) is 13.3 Å². The molecule has 60 valence electrons. The zero-order valence-electron chi connectivity index (χ0n) is 6.24. The van der Waals surface area contributed by atoms with E-state index in [2.05, 4.69) is 9.97 Å². The van der Waals surface area contributed by atoms with Crippen LogP contribution in [-0.2, 0) is 11.2 Å². The molecular formula is C7H10N2O2. The standard InChI is InChI=1S/C7H10N2O2/c1-5(7(10)11)2-6-3-8-4-9-6/h3-5H,2H2,1H3,(H,8,9)(H,10,11)/t5-/m0/s1. The van der Waals surface area contributed by atoms with Crippen molar-refractivity contribution in [3.8, 4) is 0 Å². The first-order valence-electron chi connectivity index (χ1n) is 3.40. The van der Waals surface area contributed by atoms with Crippen LogP contribution in [0.15, 0.2) is 12.5 Å². The van der Waals surface area contributed by atoms with E-state index in [4.69, 9.17) is 5.11 Å². The van der Waals surface area contributed by atoms with E-state index in [9.17, 15) is 4.79 Å². The van der Waals surface area contributed by atoms with Gasteiger partial charge < -0.3 is 10.1 Å². The van der Waals surface area contributed by atoms with Crippen LogP contribution < -0.4 is 0 Å². The number of nitrogens with zero attached hydrogens (tertiary/aromatic N) is 1. The van der Waals surface area contributed by atoms with Gasteiger partial charge in [0.15, 0.2) is 0 Å². The molecule has 0 aliphatic heterocycles. The van der Waals surface area contributed by atoms with Gasteiger partial charge in [-0.05, 0) is 0 Å². The van der Waals surface area contributed by atoms with Gasteiger partial charge in [-0.1, -0.05) is 6.92 Å². The molecule has 0 fully saturated rings. The first-order valence-corrected chi connectivity index (χ1v) is 3.40. The third-order valence-corrected chi connectivity index (χ3v) is 1.49. The maximum Gasteiger partial charge on any atom is 0.306 e. The fraction of sp³-hybridized carbons (Fsp3) is 0.429. The lowest BCUT2D eigenvalue weighted by atomic mass is 10.1. The van der Waals surface area contributed by atoms with E-state index < -0.39 is 5.97 Å². The normalized spacial score (nSPS) is 12.8. The summed E-state index contributed by atoms with van der Waals surface area (Å²) in [5, 5.41) is 8.54. The molecule has 0 bridgehead atoms. The molecular weight excluding hydrogens is 144 g/mol. The second-order valence-electron chi connectivity index (χ2n) is 2.50. The van der Waals surface area contributed by atoms with Crippen molar-refractivity contribution < 1.29 is 9.90 Å². The summed E-state index contributed by atoms with van der Waals surface area (Å²) in [4.78, 5) is 17.1. The molecule has 1 aromatic heterocycles. The van der Waals surface area contributed by atoms with Crippen LogP contribution >= 0.6 is 0 Å². The summed E-state index contributed by atoms with van der Waals surface area (Å²) in [6, 6.07) is 0. The maximum absolute atomic E-state index is 10.4. The summed E-state index contributed by atoms with van der Waals surface area (Å²) in [5.41, 5.74) is 0.792. The van der Waals surface area contributed by atoms with Crippen molar-refractivity contribution in [2.75, 3.05) is 0 Å². The average molecular weight is 154 g/mol. The van der Waals surface area contributed by atoms with Crippen molar-refractivity contribution in [3.63, 3.8) is 0 Å². The van der Waals surface area contributed by atoms with Crippen molar-refractivity contribution in [2.24, 2.45) is 5.92 Å². The lowest BCUT2D eigenvalue weighted by molar-refractivity contribution is -0.141. The van der Waals surface area contributed by atoms with Crippen LogP contribution in [0.2, 0.25) is 0 Å². The summed E-state index contributed by atoms with van der Waals surface area (Å²) in [7, 11) is 0. The first-order chi connectivity index (χ1) is 5.20. The average Bonchev–Trinajstić information content (AvgIpc) is 2.39. The van der Waals surface area contributed by atoms with E-state index in [1.54, 1.807) is 19.4 Å². The van der Waals surface area contributed by atoms with E-state index in [0.717, 1.165) is 5.69 Å². The Morgan fingerprint density at radius 1 is 1.91 bits per heavy atom. The van der Waals surface area contributed by atoms with Gasteiger partial charge in [0, 0.05) is 12.6 Å². The van der Waals surface area contributed by atoms with Crippen LogP contribution in [-0.4, -0.2) is 21.0 Å². The van der Waals surface area contributed by atoms with E-state index in [1.165, 1.54) is 0 Å². The number of rotatable bonds is 3. The number of H-pyrrole nitrogens is 1. The molecule has 4 heteroatoms. The Labute approximate surface area is 64.3 Å². The quantitative estimate of drug-likeness (QED) is 0.672. The summed E-state index contributed by atoms with van der Waals surface area (Å²) in [6.07, 6.45) is 3.74. The Bertz CT molecular complexity index is 231. The first kappa shape index (κ1) is 7.78. The molecule has 0 amide bonds. The molecule has 0 radical (unpaired) electrons. The van der Waals surface area contributed by atoms with Crippen molar-refractivity contribution in [3.05, 3.63) is 18.2 Å². The molecule has 1 heterocycles. The van der Waals surface area contributed by atoms with Crippen LogP contribution in [0.3, 0.4) is 0 Å². The number of aromatic amines is 1. The molecule has 11 heavy (non-hydrogen) atoms. The Hall–Kier alpha value is -1.32. The third-order valence-electron chi connectivity index (χ3n) is 1.49. The van der Waals surface area contributed by atoms with Crippen molar-refractivity contribution in [1.82, 2.24) is 9.97 Å². The minimum Gasteiger partial charge on any atom is -0.481 e.